The molecule has 2 fully saturated rings. The molecule has 1 aromatic carbocycles. The van der Waals surface area contributed by atoms with Crippen LogP contribution in [-0.2, 0) is 9.47 Å². The van der Waals surface area contributed by atoms with Crippen molar-refractivity contribution in [1.29, 1.82) is 0 Å². The fourth-order valence-electron chi connectivity index (χ4n) is 3.83. The second kappa shape index (κ2) is 11.9. The lowest BCUT2D eigenvalue weighted by Crippen LogP contribution is -2.52. The molecule has 0 atom stereocenters. The van der Waals surface area contributed by atoms with Gasteiger partial charge < -0.3 is 29.7 Å². The number of aliphatic imine (C=N–C) groups is 1. The molecule has 0 aromatic heterocycles. The van der Waals surface area contributed by atoms with Crippen LogP contribution in [0.4, 0.5) is 5.69 Å². The molecular weight excluding hydrogens is 368 g/mol. The van der Waals surface area contributed by atoms with Crippen molar-refractivity contribution in [3.05, 3.63) is 24.3 Å². The average molecular weight is 405 g/mol. The summed E-state index contributed by atoms with van der Waals surface area (Å²) in [6.45, 7) is 10.6. The minimum absolute atomic E-state index is 0.349. The Balaban J connectivity index is 1.39. The van der Waals surface area contributed by atoms with Gasteiger partial charge in [-0.05, 0) is 44.2 Å². The van der Waals surface area contributed by atoms with Gasteiger partial charge in [0.2, 0.25) is 0 Å². The zero-order valence-electron chi connectivity index (χ0n) is 17.7. The highest BCUT2D eigenvalue weighted by Gasteiger charge is 2.21. The van der Waals surface area contributed by atoms with Crippen LogP contribution in [-0.4, -0.2) is 81.7 Å². The molecule has 0 bridgehead atoms. The number of phenols is 1. The molecular formula is C22H36N4O3. The standard InChI is InChI=1S/C22H36N4O3/c1-2-23-22(24-10-5-15-29-18-19-8-16-28-17-9-19)26-13-11-25(12-14-26)20-6-3-4-7-21(20)27/h3-4,6-7,19,27H,2,5,8-18H2,1H3,(H,23,24). The maximum absolute atomic E-state index is 10.1. The zero-order valence-corrected chi connectivity index (χ0v) is 17.7. The van der Waals surface area contributed by atoms with E-state index in [2.05, 4.69) is 22.0 Å². The van der Waals surface area contributed by atoms with Crippen LogP contribution in [0.15, 0.2) is 29.3 Å². The molecule has 162 valence electrons. The average Bonchev–Trinajstić information content (AvgIpc) is 2.77. The topological polar surface area (TPSA) is 69.6 Å². The molecule has 2 saturated heterocycles. The summed E-state index contributed by atoms with van der Waals surface area (Å²) in [6, 6.07) is 7.55. The fourth-order valence-corrected chi connectivity index (χ4v) is 3.83. The number of hydrogen-bond acceptors (Lipinski definition) is 5. The molecule has 0 amide bonds. The Morgan fingerprint density at radius 2 is 1.97 bits per heavy atom. The molecule has 0 saturated carbocycles. The van der Waals surface area contributed by atoms with E-state index in [1.54, 1.807) is 6.07 Å². The highest BCUT2D eigenvalue weighted by atomic mass is 16.5. The van der Waals surface area contributed by atoms with Crippen LogP contribution in [0.5, 0.6) is 5.75 Å². The first-order valence-electron chi connectivity index (χ1n) is 11.0. The summed E-state index contributed by atoms with van der Waals surface area (Å²) in [5.74, 6) is 1.99. The fraction of sp³-hybridized carbons (Fsp3) is 0.682. The van der Waals surface area contributed by atoms with E-state index in [0.29, 0.717) is 11.7 Å². The number of phenolic OH excluding ortho intramolecular Hbond substituents is 1. The van der Waals surface area contributed by atoms with Gasteiger partial charge in [-0.1, -0.05) is 12.1 Å². The molecule has 7 heteroatoms. The lowest BCUT2D eigenvalue weighted by atomic mass is 10.0. The van der Waals surface area contributed by atoms with Gasteiger partial charge in [0.05, 0.1) is 5.69 Å². The number of nitrogens with zero attached hydrogens (tertiary/aromatic N) is 3. The second-order valence-electron chi connectivity index (χ2n) is 7.68. The maximum atomic E-state index is 10.1. The summed E-state index contributed by atoms with van der Waals surface area (Å²) in [6.07, 6.45) is 3.18. The third-order valence-corrected chi connectivity index (χ3v) is 5.54. The van der Waals surface area contributed by atoms with Gasteiger partial charge in [-0.3, -0.25) is 4.99 Å². The lowest BCUT2D eigenvalue weighted by Gasteiger charge is -2.37. The van der Waals surface area contributed by atoms with E-state index < -0.39 is 0 Å². The Kier molecular flexibility index (Phi) is 8.89. The third kappa shape index (κ3) is 6.78. The number of aromatic hydroxyl groups is 1. The Morgan fingerprint density at radius 3 is 2.69 bits per heavy atom. The molecule has 3 rings (SSSR count). The second-order valence-corrected chi connectivity index (χ2v) is 7.68. The Hall–Kier alpha value is -1.99. The van der Waals surface area contributed by atoms with Crippen molar-refractivity contribution in [3.8, 4) is 5.75 Å². The van der Waals surface area contributed by atoms with Crippen molar-refractivity contribution in [2.24, 2.45) is 10.9 Å². The molecule has 0 spiro atoms. The predicted octanol–water partition coefficient (Wildman–Crippen LogP) is 2.31. The Bertz CT molecular complexity index is 626. The number of hydrogen-bond donors (Lipinski definition) is 2. The molecule has 1 aromatic rings. The monoisotopic (exact) mass is 404 g/mol. The van der Waals surface area contributed by atoms with E-state index in [4.69, 9.17) is 14.5 Å². The summed E-state index contributed by atoms with van der Waals surface area (Å²) < 4.78 is 11.2. The van der Waals surface area contributed by atoms with E-state index in [1.165, 1.54) is 0 Å². The van der Waals surface area contributed by atoms with Crippen LogP contribution in [0.2, 0.25) is 0 Å². The first-order chi connectivity index (χ1) is 14.3. The summed E-state index contributed by atoms with van der Waals surface area (Å²) >= 11 is 0. The highest BCUT2D eigenvalue weighted by Crippen LogP contribution is 2.27. The van der Waals surface area contributed by atoms with E-state index >= 15 is 0 Å². The van der Waals surface area contributed by atoms with Crippen LogP contribution in [0, 0.1) is 5.92 Å². The Labute approximate surface area is 174 Å². The van der Waals surface area contributed by atoms with Gasteiger partial charge in [0.25, 0.3) is 0 Å². The number of piperazine rings is 1. The van der Waals surface area contributed by atoms with Crippen LogP contribution < -0.4 is 10.2 Å². The number of anilines is 1. The minimum atomic E-state index is 0.349. The van der Waals surface area contributed by atoms with Crippen molar-refractivity contribution in [3.63, 3.8) is 0 Å². The molecule has 0 unspecified atom stereocenters. The molecule has 2 aliphatic rings. The van der Waals surface area contributed by atoms with Crippen molar-refractivity contribution in [2.45, 2.75) is 26.2 Å². The van der Waals surface area contributed by atoms with Crippen molar-refractivity contribution in [2.75, 3.05) is 70.6 Å². The van der Waals surface area contributed by atoms with Crippen LogP contribution >= 0.6 is 0 Å². The molecule has 29 heavy (non-hydrogen) atoms. The molecule has 0 radical (unpaired) electrons. The first kappa shape index (κ1) is 21.7. The third-order valence-electron chi connectivity index (χ3n) is 5.54. The first-order valence-corrected chi connectivity index (χ1v) is 11.0. The summed E-state index contributed by atoms with van der Waals surface area (Å²) in [7, 11) is 0. The summed E-state index contributed by atoms with van der Waals surface area (Å²) in [4.78, 5) is 9.34. The van der Waals surface area contributed by atoms with Gasteiger partial charge in [-0.2, -0.15) is 0 Å². The quantitative estimate of drug-likeness (QED) is 0.394. The highest BCUT2D eigenvalue weighted by molar-refractivity contribution is 5.80. The van der Waals surface area contributed by atoms with Crippen LogP contribution in [0.3, 0.4) is 0 Å². The predicted molar refractivity (Wildman–Crippen MR) is 117 cm³/mol. The number of guanidine groups is 1. The molecule has 2 aliphatic heterocycles. The lowest BCUT2D eigenvalue weighted by molar-refractivity contribution is 0.0205. The van der Waals surface area contributed by atoms with Crippen molar-refractivity contribution < 1.29 is 14.6 Å². The molecule has 2 N–H and O–H groups in total. The summed E-state index contributed by atoms with van der Waals surface area (Å²) in [5, 5.41) is 13.5. The van der Waals surface area contributed by atoms with Gasteiger partial charge in [-0.15, -0.1) is 0 Å². The Morgan fingerprint density at radius 1 is 1.21 bits per heavy atom. The molecule has 0 aliphatic carbocycles. The normalized spacial score (nSPS) is 18.9. The minimum Gasteiger partial charge on any atom is -0.506 e. The van der Waals surface area contributed by atoms with Gasteiger partial charge >= 0.3 is 0 Å². The van der Waals surface area contributed by atoms with Crippen molar-refractivity contribution in [1.82, 2.24) is 10.2 Å². The largest absolute Gasteiger partial charge is 0.506 e. The smallest absolute Gasteiger partial charge is 0.194 e. The van der Waals surface area contributed by atoms with Gasteiger partial charge in [-0.25, -0.2) is 0 Å². The number of ether oxygens (including phenoxy) is 2. The number of para-hydroxylation sites is 2. The number of nitrogens with one attached hydrogen (secondary N) is 1. The number of benzene rings is 1. The van der Waals surface area contributed by atoms with E-state index in [0.717, 1.165) is 96.6 Å². The van der Waals surface area contributed by atoms with Crippen molar-refractivity contribution >= 4 is 11.6 Å². The van der Waals surface area contributed by atoms with Gasteiger partial charge in [0.1, 0.15) is 5.75 Å². The van der Waals surface area contributed by atoms with Crippen LogP contribution in [0.1, 0.15) is 26.2 Å². The van der Waals surface area contributed by atoms with Gasteiger partial charge in [0.15, 0.2) is 5.96 Å². The number of rotatable bonds is 8. The SMILES string of the molecule is CCNC(=NCCCOCC1CCOCC1)N1CCN(c2ccccc2O)CC1. The van der Waals surface area contributed by atoms with E-state index in [9.17, 15) is 5.11 Å². The van der Waals surface area contributed by atoms with Gasteiger partial charge in [0, 0.05) is 65.7 Å². The molecule has 2 heterocycles. The summed E-state index contributed by atoms with van der Waals surface area (Å²) in [5.41, 5.74) is 0.913. The van der Waals surface area contributed by atoms with E-state index in [1.807, 2.05) is 18.2 Å². The zero-order chi connectivity index (χ0) is 20.3. The maximum Gasteiger partial charge on any atom is 0.194 e. The van der Waals surface area contributed by atoms with Crippen LogP contribution in [0.25, 0.3) is 0 Å². The molecule has 7 nitrogen and oxygen atoms in total. The van der Waals surface area contributed by atoms with E-state index in [-0.39, 0.29) is 0 Å².